The molecule has 3 rings (SSSR count). The van der Waals surface area contributed by atoms with Crippen LogP contribution in [-0.2, 0) is 0 Å². The molecule has 1 saturated carbocycles. The van der Waals surface area contributed by atoms with E-state index < -0.39 is 0 Å². The van der Waals surface area contributed by atoms with E-state index in [0.29, 0.717) is 5.54 Å². The zero-order valence-electron chi connectivity index (χ0n) is 9.79. The molecule has 0 saturated heterocycles. The second-order valence-electron chi connectivity index (χ2n) is 4.74. The van der Waals surface area contributed by atoms with E-state index in [4.69, 9.17) is 11.6 Å². The molecule has 1 aliphatic carbocycles. The Morgan fingerprint density at radius 1 is 1.47 bits per heavy atom. The molecule has 0 radical (unpaired) electrons. The van der Waals surface area contributed by atoms with Crippen molar-refractivity contribution in [3.63, 3.8) is 0 Å². The number of fused-ring (bicyclic) bond motifs is 1. The fraction of sp³-hybridized carbons (Fsp3) is 0.462. The van der Waals surface area contributed by atoms with Gasteiger partial charge in [-0.25, -0.2) is 4.98 Å². The third-order valence-corrected chi connectivity index (χ3v) is 4.90. The second-order valence-corrected chi connectivity index (χ2v) is 6.21. The van der Waals surface area contributed by atoms with Crippen LogP contribution in [0.15, 0.2) is 18.2 Å². The number of rotatable bonds is 3. The van der Waals surface area contributed by atoms with E-state index in [9.17, 15) is 0 Å². The minimum atomic E-state index is 0.303. The van der Waals surface area contributed by atoms with E-state index in [0.717, 1.165) is 15.7 Å². The van der Waals surface area contributed by atoms with Crippen LogP contribution in [0.4, 0.5) is 5.13 Å². The van der Waals surface area contributed by atoms with Gasteiger partial charge in [0.2, 0.25) is 0 Å². The Kier molecular flexibility index (Phi) is 2.75. The number of halogens is 1. The highest BCUT2D eigenvalue weighted by Crippen LogP contribution is 2.39. The van der Waals surface area contributed by atoms with Crippen LogP contribution in [0.5, 0.6) is 0 Å². The zero-order chi connectivity index (χ0) is 11.9. The average molecular weight is 267 g/mol. The molecular formula is C13H15ClN2S. The molecule has 0 atom stereocenters. The highest BCUT2D eigenvalue weighted by atomic mass is 35.5. The molecule has 1 aromatic heterocycles. The predicted octanol–water partition coefficient (Wildman–Crippen LogP) is 4.69. The van der Waals surface area contributed by atoms with Crippen LogP contribution in [0, 0.1) is 0 Å². The maximum atomic E-state index is 5.97. The molecule has 1 fully saturated rings. The number of aromatic nitrogens is 1. The molecule has 2 aromatic rings. The lowest BCUT2D eigenvalue weighted by Gasteiger charge is -2.41. The van der Waals surface area contributed by atoms with Gasteiger partial charge in [-0.1, -0.05) is 29.9 Å². The number of nitrogens with one attached hydrogen (secondary N) is 1. The highest BCUT2D eigenvalue weighted by molar-refractivity contribution is 7.22. The van der Waals surface area contributed by atoms with Crippen molar-refractivity contribution in [1.29, 1.82) is 0 Å². The summed E-state index contributed by atoms with van der Waals surface area (Å²) < 4.78 is 1.20. The van der Waals surface area contributed by atoms with Crippen LogP contribution in [0.25, 0.3) is 10.2 Å². The molecule has 1 N–H and O–H groups in total. The highest BCUT2D eigenvalue weighted by Gasteiger charge is 2.35. The molecule has 0 unspecified atom stereocenters. The summed E-state index contributed by atoms with van der Waals surface area (Å²) in [7, 11) is 0. The monoisotopic (exact) mass is 266 g/mol. The van der Waals surface area contributed by atoms with Gasteiger partial charge >= 0.3 is 0 Å². The molecule has 17 heavy (non-hydrogen) atoms. The molecule has 1 heterocycles. The van der Waals surface area contributed by atoms with Crippen molar-refractivity contribution in [2.24, 2.45) is 0 Å². The fourth-order valence-electron chi connectivity index (χ4n) is 2.35. The van der Waals surface area contributed by atoms with Crippen LogP contribution in [0.2, 0.25) is 5.02 Å². The van der Waals surface area contributed by atoms with Gasteiger partial charge in [0.15, 0.2) is 5.13 Å². The molecule has 1 aromatic carbocycles. The lowest BCUT2D eigenvalue weighted by molar-refractivity contribution is 0.269. The first-order valence-electron chi connectivity index (χ1n) is 6.05. The number of nitrogens with zero attached hydrogens (tertiary/aromatic N) is 1. The van der Waals surface area contributed by atoms with Crippen molar-refractivity contribution in [2.75, 3.05) is 5.32 Å². The predicted molar refractivity (Wildman–Crippen MR) is 75.1 cm³/mol. The standard InChI is InChI=1S/C13H15ClN2S/c1-2-13(6-3-7-13)16-12-15-10-8-9(14)4-5-11(10)17-12/h4-5,8H,2-3,6-7H2,1H3,(H,15,16). The molecule has 4 heteroatoms. The molecule has 90 valence electrons. The molecule has 2 nitrogen and oxygen atoms in total. The number of hydrogen-bond donors (Lipinski definition) is 1. The van der Waals surface area contributed by atoms with Crippen LogP contribution in [-0.4, -0.2) is 10.5 Å². The van der Waals surface area contributed by atoms with Gasteiger partial charge in [0.1, 0.15) is 0 Å². The number of hydrogen-bond acceptors (Lipinski definition) is 3. The third kappa shape index (κ3) is 2.02. The van der Waals surface area contributed by atoms with Gasteiger partial charge in [-0.2, -0.15) is 0 Å². The van der Waals surface area contributed by atoms with Gasteiger partial charge in [-0.15, -0.1) is 0 Å². The zero-order valence-corrected chi connectivity index (χ0v) is 11.4. The Labute approximate surface area is 110 Å². The Bertz CT molecular complexity index is 540. The van der Waals surface area contributed by atoms with Crippen molar-refractivity contribution in [3.8, 4) is 0 Å². The SMILES string of the molecule is CCC1(Nc2nc3cc(Cl)ccc3s2)CCC1. The van der Waals surface area contributed by atoms with Gasteiger partial charge in [-0.05, 0) is 43.9 Å². The van der Waals surface area contributed by atoms with Gasteiger partial charge in [0, 0.05) is 10.6 Å². The van der Waals surface area contributed by atoms with Gasteiger partial charge in [0.05, 0.1) is 10.2 Å². The smallest absolute Gasteiger partial charge is 0.184 e. The second kappa shape index (κ2) is 4.14. The minimum absolute atomic E-state index is 0.303. The Balaban J connectivity index is 1.90. The lowest BCUT2D eigenvalue weighted by atomic mass is 9.75. The van der Waals surface area contributed by atoms with Crippen LogP contribution in [0.1, 0.15) is 32.6 Å². The summed E-state index contributed by atoms with van der Waals surface area (Å²) in [6.07, 6.45) is 5.03. The summed E-state index contributed by atoms with van der Waals surface area (Å²) in [6.45, 7) is 2.25. The molecule has 0 aliphatic heterocycles. The Hall–Kier alpha value is -0.800. The topological polar surface area (TPSA) is 24.9 Å². The van der Waals surface area contributed by atoms with E-state index >= 15 is 0 Å². The summed E-state index contributed by atoms with van der Waals surface area (Å²) in [5, 5.41) is 5.40. The first-order chi connectivity index (χ1) is 8.21. The minimum Gasteiger partial charge on any atom is -0.356 e. The van der Waals surface area contributed by atoms with E-state index in [-0.39, 0.29) is 0 Å². The van der Waals surface area contributed by atoms with E-state index in [1.54, 1.807) is 11.3 Å². The number of benzene rings is 1. The average Bonchev–Trinajstić information content (AvgIpc) is 2.65. The van der Waals surface area contributed by atoms with Crippen molar-refractivity contribution in [3.05, 3.63) is 23.2 Å². The maximum absolute atomic E-state index is 5.97. The van der Waals surface area contributed by atoms with E-state index in [1.165, 1.54) is 30.4 Å². The van der Waals surface area contributed by atoms with Crippen LogP contribution in [0.3, 0.4) is 0 Å². The lowest BCUT2D eigenvalue weighted by Crippen LogP contribution is -2.44. The summed E-state index contributed by atoms with van der Waals surface area (Å²) in [5.41, 5.74) is 1.30. The van der Waals surface area contributed by atoms with Crippen molar-refractivity contribution in [1.82, 2.24) is 4.98 Å². The Morgan fingerprint density at radius 2 is 2.29 bits per heavy atom. The van der Waals surface area contributed by atoms with E-state index in [2.05, 4.69) is 17.2 Å². The summed E-state index contributed by atoms with van der Waals surface area (Å²) >= 11 is 7.69. The summed E-state index contributed by atoms with van der Waals surface area (Å²) in [4.78, 5) is 4.61. The number of anilines is 1. The van der Waals surface area contributed by atoms with Gasteiger partial charge in [0.25, 0.3) is 0 Å². The largest absolute Gasteiger partial charge is 0.356 e. The third-order valence-electron chi connectivity index (χ3n) is 3.71. The quantitative estimate of drug-likeness (QED) is 0.871. The molecule has 1 aliphatic rings. The fourth-order valence-corrected chi connectivity index (χ4v) is 3.48. The summed E-state index contributed by atoms with van der Waals surface area (Å²) in [5.74, 6) is 0. The van der Waals surface area contributed by atoms with Crippen LogP contribution < -0.4 is 5.32 Å². The van der Waals surface area contributed by atoms with Crippen molar-refractivity contribution >= 4 is 38.3 Å². The van der Waals surface area contributed by atoms with Crippen molar-refractivity contribution in [2.45, 2.75) is 38.1 Å². The first-order valence-corrected chi connectivity index (χ1v) is 7.24. The maximum Gasteiger partial charge on any atom is 0.184 e. The van der Waals surface area contributed by atoms with E-state index in [1.807, 2.05) is 18.2 Å². The van der Waals surface area contributed by atoms with Gasteiger partial charge < -0.3 is 5.32 Å². The molecular weight excluding hydrogens is 252 g/mol. The van der Waals surface area contributed by atoms with Gasteiger partial charge in [-0.3, -0.25) is 0 Å². The molecule has 0 amide bonds. The molecule has 0 spiro atoms. The normalized spacial score (nSPS) is 18.0. The first kappa shape index (κ1) is 11.3. The van der Waals surface area contributed by atoms with Crippen LogP contribution >= 0.6 is 22.9 Å². The van der Waals surface area contributed by atoms with Crippen molar-refractivity contribution < 1.29 is 0 Å². The Morgan fingerprint density at radius 3 is 2.94 bits per heavy atom. The summed E-state index contributed by atoms with van der Waals surface area (Å²) in [6, 6.07) is 5.89. The molecule has 0 bridgehead atoms. The number of thiazole rings is 1.